The summed E-state index contributed by atoms with van der Waals surface area (Å²) in [4.78, 5) is 12.6. The molecule has 0 unspecified atom stereocenters. The fourth-order valence-corrected chi connectivity index (χ4v) is 5.83. The van der Waals surface area contributed by atoms with Gasteiger partial charge in [-0.3, -0.25) is 0 Å². The average Bonchev–Trinajstić information content (AvgIpc) is 2.94. The summed E-state index contributed by atoms with van der Waals surface area (Å²) in [6, 6.07) is 7.66. The van der Waals surface area contributed by atoms with Gasteiger partial charge in [-0.25, -0.2) is 18.0 Å². The van der Waals surface area contributed by atoms with Crippen molar-refractivity contribution in [1.82, 2.24) is 0 Å². The molecule has 2 aliphatic rings. The largest absolute Gasteiger partial charge is 0.493 e. The summed E-state index contributed by atoms with van der Waals surface area (Å²) in [6.07, 6.45) is 8.17. The Morgan fingerprint density at radius 3 is 1.90 bits per heavy atom. The van der Waals surface area contributed by atoms with E-state index >= 15 is 8.78 Å². The van der Waals surface area contributed by atoms with Crippen LogP contribution in [0.1, 0.15) is 118 Å². The second-order valence-electron chi connectivity index (χ2n) is 10.9. The number of rotatable bonds is 11. The van der Waals surface area contributed by atoms with Crippen LogP contribution in [0.5, 0.6) is 5.75 Å². The molecule has 0 saturated heterocycles. The second-order valence-corrected chi connectivity index (χ2v) is 10.9. The number of halogens is 3. The van der Waals surface area contributed by atoms with Gasteiger partial charge < -0.3 is 14.2 Å². The van der Waals surface area contributed by atoms with Crippen molar-refractivity contribution in [1.29, 1.82) is 0 Å². The SMILES string of the molecule is CCCCOc1ccc(C(=O)OC2CCC(c3ccc(C4CCC(OCCC)CC4)c(F)c3F)CC2)c(F)c1. The van der Waals surface area contributed by atoms with Gasteiger partial charge in [-0.1, -0.05) is 32.4 Å². The van der Waals surface area contributed by atoms with Crippen molar-refractivity contribution in [3.63, 3.8) is 0 Å². The molecular weight excluding hydrogens is 505 g/mol. The minimum absolute atomic E-state index is 0.0162. The molecule has 0 N–H and O–H groups in total. The van der Waals surface area contributed by atoms with E-state index < -0.39 is 23.4 Å². The van der Waals surface area contributed by atoms with Crippen LogP contribution in [0.4, 0.5) is 13.2 Å². The normalized spacial score (nSPS) is 23.4. The molecule has 2 aromatic carbocycles. The Morgan fingerprint density at radius 1 is 0.769 bits per heavy atom. The standard InChI is InChI=1S/C32H41F3O4/c1-3-5-19-38-25-14-15-28(29(33)20-25)32(36)39-24-12-8-22(9-13-24)27-17-16-26(30(34)31(27)35)21-6-10-23(11-7-21)37-18-4-2/h14-17,20-24H,3-13,18-19H2,1-2H3. The van der Waals surface area contributed by atoms with Crippen LogP contribution < -0.4 is 4.74 Å². The Bertz CT molecular complexity index is 1090. The highest BCUT2D eigenvalue weighted by Gasteiger charge is 2.31. The first-order chi connectivity index (χ1) is 18.9. The van der Waals surface area contributed by atoms with Crippen molar-refractivity contribution >= 4 is 5.97 Å². The van der Waals surface area contributed by atoms with Gasteiger partial charge in [0.2, 0.25) is 0 Å². The summed E-state index contributed by atoms with van der Waals surface area (Å²) in [5.74, 6) is -2.61. The zero-order chi connectivity index (χ0) is 27.8. The quantitative estimate of drug-likeness (QED) is 0.209. The van der Waals surface area contributed by atoms with E-state index in [0.717, 1.165) is 51.6 Å². The Balaban J connectivity index is 1.29. The average molecular weight is 547 g/mol. The van der Waals surface area contributed by atoms with E-state index in [1.165, 1.54) is 12.1 Å². The number of carbonyl (C=O) groups is 1. The maximum atomic E-state index is 15.2. The first kappa shape index (κ1) is 29.4. The molecule has 39 heavy (non-hydrogen) atoms. The number of ether oxygens (including phenoxy) is 3. The van der Waals surface area contributed by atoms with Crippen molar-refractivity contribution in [3.05, 3.63) is 64.5 Å². The summed E-state index contributed by atoms with van der Waals surface area (Å²) in [5.41, 5.74) is 0.733. The summed E-state index contributed by atoms with van der Waals surface area (Å²) >= 11 is 0. The topological polar surface area (TPSA) is 44.8 Å². The zero-order valence-corrected chi connectivity index (χ0v) is 23.2. The lowest BCUT2D eigenvalue weighted by atomic mass is 9.79. The van der Waals surface area contributed by atoms with Gasteiger partial charge in [0.25, 0.3) is 0 Å². The third kappa shape index (κ3) is 7.56. The lowest BCUT2D eigenvalue weighted by Crippen LogP contribution is -2.25. The van der Waals surface area contributed by atoms with E-state index in [0.29, 0.717) is 49.2 Å². The second kappa shape index (κ2) is 14.2. The molecule has 0 amide bonds. The third-order valence-corrected chi connectivity index (χ3v) is 8.13. The van der Waals surface area contributed by atoms with Crippen LogP contribution in [0.15, 0.2) is 30.3 Å². The molecule has 0 bridgehead atoms. The van der Waals surface area contributed by atoms with E-state index in [1.807, 2.05) is 6.92 Å². The predicted molar refractivity (Wildman–Crippen MR) is 145 cm³/mol. The number of unbranched alkanes of at least 4 members (excludes halogenated alkanes) is 1. The fourth-order valence-electron chi connectivity index (χ4n) is 5.83. The molecular formula is C32H41F3O4. The number of hydrogen-bond donors (Lipinski definition) is 0. The first-order valence-electron chi connectivity index (χ1n) is 14.6. The smallest absolute Gasteiger partial charge is 0.341 e. The fraction of sp³-hybridized carbons (Fsp3) is 0.594. The van der Waals surface area contributed by atoms with Crippen LogP contribution in [0.25, 0.3) is 0 Å². The summed E-state index contributed by atoms with van der Waals surface area (Å²) in [7, 11) is 0. The molecule has 2 fully saturated rings. The molecule has 0 radical (unpaired) electrons. The van der Waals surface area contributed by atoms with Gasteiger partial charge in [0.1, 0.15) is 17.7 Å². The van der Waals surface area contributed by atoms with Gasteiger partial charge in [-0.15, -0.1) is 0 Å². The monoisotopic (exact) mass is 546 g/mol. The first-order valence-corrected chi connectivity index (χ1v) is 14.6. The van der Waals surface area contributed by atoms with E-state index in [2.05, 4.69) is 6.92 Å². The number of carbonyl (C=O) groups excluding carboxylic acids is 1. The lowest BCUT2D eigenvalue weighted by molar-refractivity contribution is 0.0188. The van der Waals surface area contributed by atoms with Crippen LogP contribution in [-0.4, -0.2) is 31.4 Å². The predicted octanol–water partition coefficient (Wildman–Crippen LogP) is 8.62. The van der Waals surface area contributed by atoms with Crippen LogP contribution in [0.2, 0.25) is 0 Å². The molecule has 2 saturated carbocycles. The number of hydrogen-bond acceptors (Lipinski definition) is 4. The minimum atomic E-state index is -0.749. The number of esters is 1. The van der Waals surface area contributed by atoms with Gasteiger partial charge in [0.15, 0.2) is 11.6 Å². The van der Waals surface area contributed by atoms with Gasteiger partial charge in [0, 0.05) is 12.7 Å². The molecule has 4 rings (SSSR count). The van der Waals surface area contributed by atoms with Crippen molar-refractivity contribution in [3.8, 4) is 5.75 Å². The van der Waals surface area contributed by atoms with E-state index in [-0.39, 0.29) is 29.6 Å². The minimum Gasteiger partial charge on any atom is -0.493 e. The van der Waals surface area contributed by atoms with Crippen molar-refractivity contribution in [2.45, 2.75) is 109 Å². The van der Waals surface area contributed by atoms with E-state index in [4.69, 9.17) is 14.2 Å². The maximum absolute atomic E-state index is 15.2. The molecule has 2 aliphatic carbocycles. The highest BCUT2D eigenvalue weighted by molar-refractivity contribution is 5.90. The van der Waals surface area contributed by atoms with Crippen molar-refractivity contribution in [2.75, 3.05) is 13.2 Å². The molecule has 0 atom stereocenters. The highest BCUT2D eigenvalue weighted by Crippen LogP contribution is 2.40. The Kier molecular flexibility index (Phi) is 10.7. The Labute approximate surface area is 230 Å². The van der Waals surface area contributed by atoms with Crippen LogP contribution in [-0.2, 0) is 9.47 Å². The molecule has 2 aromatic rings. The van der Waals surface area contributed by atoms with E-state index in [9.17, 15) is 9.18 Å². The van der Waals surface area contributed by atoms with Gasteiger partial charge >= 0.3 is 5.97 Å². The molecule has 0 aromatic heterocycles. The van der Waals surface area contributed by atoms with E-state index in [1.54, 1.807) is 18.2 Å². The molecule has 7 heteroatoms. The lowest BCUT2D eigenvalue weighted by Gasteiger charge is -2.31. The summed E-state index contributed by atoms with van der Waals surface area (Å²) in [6.45, 7) is 5.35. The molecule has 214 valence electrons. The summed E-state index contributed by atoms with van der Waals surface area (Å²) < 4.78 is 61.8. The zero-order valence-electron chi connectivity index (χ0n) is 23.2. The third-order valence-electron chi connectivity index (χ3n) is 8.13. The molecule has 0 spiro atoms. The van der Waals surface area contributed by atoms with Crippen LogP contribution in [0.3, 0.4) is 0 Å². The van der Waals surface area contributed by atoms with Gasteiger partial charge in [-0.2, -0.15) is 0 Å². The molecule has 0 aliphatic heterocycles. The van der Waals surface area contributed by atoms with Crippen molar-refractivity contribution in [2.24, 2.45) is 0 Å². The maximum Gasteiger partial charge on any atom is 0.341 e. The number of benzene rings is 2. The molecule has 4 nitrogen and oxygen atoms in total. The van der Waals surface area contributed by atoms with Crippen LogP contribution >= 0.6 is 0 Å². The summed E-state index contributed by atoms with van der Waals surface area (Å²) in [5, 5.41) is 0. The Hall–Kier alpha value is -2.54. The van der Waals surface area contributed by atoms with Gasteiger partial charge in [0.05, 0.1) is 18.3 Å². The Morgan fingerprint density at radius 2 is 1.36 bits per heavy atom. The van der Waals surface area contributed by atoms with Gasteiger partial charge in [-0.05, 0) is 99.3 Å². The highest BCUT2D eigenvalue weighted by atomic mass is 19.2. The molecule has 0 heterocycles. The van der Waals surface area contributed by atoms with Crippen molar-refractivity contribution < 1.29 is 32.2 Å². The van der Waals surface area contributed by atoms with Crippen LogP contribution in [0, 0.1) is 17.5 Å².